The van der Waals surface area contributed by atoms with Crippen LogP contribution >= 0.6 is 0 Å². The Kier molecular flexibility index (Phi) is 3.63. The first kappa shape index (κ1) is 14.0. The Morgan fingerprint density at radius 1 is 1.29 bits per heavy atom. The van der Waals surface area contributed by atoms with E-state index < -0.39 is 6.10 Å². The van der Waals surface area contributed by atoms with E-state index in [0.717, 1.165) is 25.7 Å². The number of nitrogen functional groups attached to an aromatic ring is 1. The van der Waals surface area contributed by atoms with Crippen LogP contribution in [0.1, 0.15) is 36.0 Å². The molecule has 3 N–H and O–H groups in total. The normalized spacial score (nSPS) is 23.9. The monoisotopic (exact) mass is 292 g/mol. The molecular formula is C15H20N2O4. The topological polar surface area (TPSA) is 85.0 Å². The largest absolute Gasteiger partial charge is 0.454 e. The number of likely N-dealkylation sites (N-methyl/N-ethyl adjacent to an activating group) is 1. The number of carbonyl (C=O) groups excluding carboxylic acids is 1. The van der Waals surface area contributed by atoms with Gasteiger partial charge in [0, 0.05) is 18.8 Å². The molecule has 2 unspecified atom stereocenters. The van der Waals surface area contributed by atoms with Crippen molar-refractivity contribution in [1.29, 1.82) is 0 Å². The second kappa shape index (κ2) is 5.44. The maximum absolute atomic E-state index is 12.6. The summed E-state index contributed by atoms with van der Waals surface area (Å²) in [5.41, 5.74) is 6.70. The molecule has 1 saturated carbocycles. The number of fused-ring (bicyclic) bond motifs is 1. The molecule has 114 valence electrons. The average Bonchev–Trinajstić information content (AvgIpc) is 2.92. The molecule has 0 radical (unpaired) electrons. The minimum atomic E-state index is -0.470. The van der Waals surface area contributed by atoms with Crippen molar-refractivity contribution in [3.05, 3.63) is 17.7 Å². The van der Waals surface area contributed by atoms with Crippen molar-refractivity contribution in [1.82, 2.24) is 4.90 Å². The van der Waals surface area contributed by atoms with Gasteiger partial charge in [0.1, 0.15) is 0 Å². The van der Waals surface area contributed by atoms with Crippen LogP contribution in [-0.4, -0.2) is 41.9 Å². The highest BCUT2D eigenvalue weighted by Gasteiger charge is 2.31. The molecule has 6 heteroatoms. The number of hydrogen-bond donors (Lipinski definition) is 2. The molecule has 0 saturated heterocycles. The van der Waals surface area contributed by atoms with Gasteiger partial charge in [0.2, 0.25) is 6.79 Å². The van der Waals surface area contributed by atoms with Crippen molar-refractivity contribution in [2.75, 3.05) is 19.6 Å². The maximum Gasteiger partial charge on any atom is 0.256 e. The first-order valence-corrected chi connectivity index (χ1v) is 7.22. The molecule has 2 atom stereocenters. The van der Waals surface area contributed by atoms with Gasteiger partial charge in [-0.2, -0.15) is 0 Å². The van der Waals surface area contributed by atoms with E-state index in [1.165, 1.54) is 0 Å². The number of nitrogens with zero attached hydrogens (tertiary/aromatic N) is 1. The van der Waals surface area contributed by atoms with E-state index in [4.69, 9.17) is 15.2 Å². The lowest BCUT2D eigenvalue weighted by Crippen LogP contribution is -2.46. The summed E-state index contributed by atoms with van der Waals surface area (Å²) in [6.07, 6.45) is 3.11. The Bertz CT molecular complexity index is 561. The second-order valence-electron chi connectivity index (χ2n) is 5.63. The van der Waals surface area contributed by atoms with E-state index >= 15 is 0 Å². The van der Waals surface area contributed by atoms with Crippen LogP contribution in [0.3, 0.4) is 0 Å². The van der Waals surface area contributed by atoms with E-state index in [2.05, 4.69) is 0 Å². The predicted octanol–water partition coefficient (Wildman–Crippen LogP) is 1.37. The van der Waals surface area contributed by atoms with E-state index in [9.17, 15) is 9.90 Å². The summed E-state index contributed by atoms with van der Waals surface area (Å²) in [6, 6.07) is 3.07. The Balaban J connectivity index is 1.84. The summed E-state index contributed by atoms with van der Waals surface area (Å²) >= 11 is 0. The number of anilines is 1. The van der Waals surface area contributed by atoms with E-state index in [1.54, 1.807) is 24.1 Å². The zero-order valence-corrected chi connectivity index (χ0v) is 12.0. The van der Waals surface area contributed by atoms with Crippen LogP contribution in [-0.2, 0) is 0 Å². The van der Waals surface area contributed by atoms with Crippen LogP contribution in [0.15, 0.2) is 12.1 Å². The fourth-order valence-electron chi connectivity index (χ4n) is 3.03. The zero-order valence-electron chi connectivity index (χ0n) is 12.0. The second-order valence-corrected chi connectivity index (χ2v) is 5.63. The number of amides is 1. The number of nitrogens with two attached hydrogens (primary N) is 1. The number of benzene rings is 1. The standard InChI is InChI=1S/C15H20N2O4/c1-17(11-4-2-3-5-12(11)18)15(19)9-6-13-14(7-10(9)16)21-8-20-13/h6-7,11-12,18H,2-5,8,16H2,1H3. The highest BCUT2D eigenvalue weighted by Crippen LogP contribution is 2.36. The van der Waals surface area contributed by atoms with Crippen molar-refractivity contribution in [3.63, 3.8) is 0 Å². The predicted molar refractivity (Wildman–Crippen MR) is 77.3 cm³/mol. The Morgan fingerprint density at radius 3 is 2.67 bits per heavy atom. The van der Waals surface area contributed by atoms with Gasteiger partial charge in [-0.15, -0.1) is 0 Å². The van der Waals surface area contributed by atoms with Crippen molar-refractivity contribution >= 4 is 11.6 Å². The molecule has 3 rings (SSSR count). The molecule has 21 heavy (non-hydrogen) atoms. The molecule has 1 fully saturated rings. The molecule has 0 bridgehead atoms. The zero-order chi connectivity index (χ0) is 15.0. The summed E-state index contributed by atoms with van der Waals surface area (Å²) in [7, 11) is 1.71. The molecule has 0 aromatic heterocycles. The summed E-state index contributed by atoms with van der Waals surface area (Å²) in [6.45, 7) is 0.142. The smallest absolute Gasteiger partial charge is 0.256 e. The SMILES string of the molecule is CN(C(=O)c1cc2c(cc1N)OCO2)C1CCCCC1O. The molecule has 1 heterocycles. The van der Waals surface area contributed by atoms with Crippen molar-refractivity contribution in [2.24, 2.45) is 0 Å². The number of aliphatic hydroxyl groups is 1. The molecule has 1 aliphatic carbocycles. The average molecular weight is 292 g/mol. The molecular weight excluding hydrogens is 272 g/mol. The number of rotatable bonds is 2. The fraction of sp³-hybridized carbons (Fsp3) is 0.533. The van der Waals surface area contributed by atoms with Gasteiger partial charge >= 0.3 is 0 Å². The van der Waals surface area contributed by atoms with Crippen LogP contribution in [0.2, 0.25) is 0 Å². The van der Waals surface area contributed by atoms with Crippen LogP contribution in [0.25, 0.3) is 0 Å². The highest BCUT2D eigenvalue weighted by molar-refractivity contribution is 6.00. The van der Waals surface area contributed by atoms with Crippen molar-refractivity contribution in [2.45, 2.75) is 37.8 Å². The highest BCUT2D eigenvalue weighted by atomic mass is 16.7. The van der Waals surface area contributed by atoms with Gasteiger partial charge in [0.05, 0.1) is 17.7 Å². The van der Waals surface area contributed by atoms with E-state index in [-0.39, 0.29) is 18.7 Å². The summed E-state index contributed by atoms with van der Waals surface area (Å²) in [5, 5.41) is 10.1. The third kappa shape index (κ3) is 2.51. The Morgan fingerprint density at radius 2 is 1.95 bits per heavy atom. The number of ether oxygens (including phenoxy) is 2. The lowest BCUT2D eigenvalue weighted by atomic mass is 9.91. The maximum atomic E-state index is 12.6. The Hall–Kier alpha value is -1.95. The summed E-state index contributed by atoms with van der Waals surface area (Å²) in [5.74, 6) is 0.895. The molecule has 6 nitrogen and oxygen atoms in total. The molecule has 1 amide bonds. The first-order valence-electron chi connectivity index (χ1n) is 7.22. The van der Waals surface area contributed by atoms with E-state index in [1.807, 2.05) is 0 Å². The fourth-order valence-corrected chi connectivity index (χ4v) is 3.03. The molecule has 2 aliphatic rings. The lowest BCUT2D eigenvalue weighted by molar-refractivity contribution is 0.0268. The Labute approximate surface area is 123 Å². The quantitative estimate of drug-likeness (QED) is 0.804. The molecule has 1 aromatic carbocycles. The van der Waals surface area contributed by atoms with E-state index in [0.29, 0.717) is 22.7 Å². The van der Waals surface area contributed by atoms with Gasteiger partial charge in [-0.05, 0) is 18.9 Å². The lowest BCUT2D eigenvalue weighted by Gasteiger charge is -2.35. The van der Waals surface area contributed by atoms with Crippen LogP contribution in [0, 0.1) is 0 Å². The van der Waals surface area contributed by atoms with Crippen molar-refractivity contribution in [3.8, 4) is 11.5 Å². The van der Waals surface area contributed by atoms with Crippen molar-refractivity contribution < 1.29 is 19.4 Å². The number of carbonyl (C=O) groups is 1. The van der Waals surface area contributed by atoms with Gasteiger partial charge in [0.25, 0.3) is 5.91 Å². The molecule has 1 aromatic rings. The third-order valence-corrected chi connectivity index (χ3v) is 4.29. The molecule has 1 aliphatic heterocycles. The minimum absolute atomic E-state index is 0.142. The van der Waals surface area contributed by atoms with Crippen LogP contribution < -0.4 is 15.2 Å². The van der Waals surface area contributed by atoms with Gasteiger partial charge in [-0.1, -0.05) is 12.8 Å². The van der Waals surface area contributed by atoms with Gasteiger partial charge in [-0.3, -0.25) is 4.79 Å². The van der Waals surface area contributed by atoms with Gasteiger partial charge in [0.15, 0.2) is 11.5 Å². The number of aliphatic hydroxyl groups excluding tert-OH is 1. The summed E-state index contributed by atoms with van der Waals surface area (Å²) < 4.78 is 10.5. The minimum Gasteiger partial charge on any atom is -0.454 e. The van der Waals surface area contributed by atoms with Crippen LogP contribution in [0.4, 0.5) is 5.69 Å². The van der Waals surface area contributed by atoms with Gasteiger partial charge in [-0.25, -0.2) is 0 Å². The third-order valence-electron chi connectivity index (χ3n) is 4.29. The van der Waals surface area contributed by atoms with Gasteiger partial charge < -0.3 is 25.2 Å². The van der Waals surface area contributed by atoms with Crippen LogP contribution in [0.5, 0.6) is 11.5 Å². The number of hydrogen-bond acceptors (Lipinski definition) is 5. The summed E-state index contributed by atoms with van der Waals surface area (Å²) in [4.78, 5) is 14.2. The first-order chi connectivity index (χ1) is 10.1. The molecule has 0 spiro atoms.